The molecule has 94 valence electrons. The van der Waals surface area contributed by atoms with Crippen molar-refractivity contribution in [3.8, 4) is 0 Å². The van der Waals surface area contributed by atoms with Crippen LogP contribution in [0.4, 0.5) is 11.4 Å². The van der Waals surface area contributed by atoms with Gasteiger partial charge in [0.2, 0.25) is 0 Å². The van der Waals surface area contributed by atoms with E-state index < -0.39 is 0 Å². The van der Waals surface area contributed by atoms with Crippen LogP contribution in [-0.4, -0.2) is 7.05 Å². The lowest BCUT2D eigenvalue weighted by atomic mass is 10.2. The average Bonchev–Trinajstić information content (AvgIpc) is 2.28. The summed E-state index contributed by atoms with van der Waals surface area (Å²) < 4.78 is 2.12. The predicted octanol–water partition coefficient (Wildman–Crippen LogP) is 4.43. The Hall–Kier alpha value is -1.00. The Bertz CT molecular complexity index is 555. The molecule has 2 nitrogen and oxygen atoms in total. The Morgan fingerprint density at radius 3 is 2.56 bits per heavy atom. The summed E-state index contributed by atoms with van der Waals surface area (Å²) in [6.07, 6.45) is 0. The van der Waals surface area contributed by atoms with E-state index in [1.165, 1.54) is 5.56 Å². The number of rotatable bonds is 3. The van der Waals surface area contributed by atoms with E-state index in [2.05, 4.69) is 55.9 Å². The van der Waals surface area contributed by atoms with E-state index in [-0.39, 0.29) is 0 Å². The molecule has 0 spiro atoms. The largest absolute Gasteiger partial charge is 0.399 e. The van der Waals surface area contributed by atoms with Crippen LogP contribution in [-0.2, 0) is 6.54 Å². The van der Waals surface area contributed by atoms with Gasteiger partial charge in [-0.15, -0.1) is 0 Å². The van der Waals surface area contributed by atoms with Crippen molar-refractivity contribution in [3.63, 3.8) is 0 Å². The van der Waals surface area contributed by atoms with E-state index in [0.717, 1.165) is 26.9 Å². The smallest absolute Gasteiger partial charge is 0.0512 e. The molecule has 2 aromatic carbocycles. The highest BCUT2D eigenvalue weighted by molar-refractivity contribution is 9.10. The van der Waals surface area contributed by atoms with Crippen molar-refractivity contribution in [2.45, 2.75) is 6.54 Å². The highest BCUT2D eigenvalue weighted by Gasteiger charge is 2.06. The minimum absolute atomic E-state index is 0.765. The molecule has 2 N–H and O–H groups in total. The Kier molecular flexibility index (Phi) is 4.30. The molecule has 0 amide bonds. The van der Waals surface area contributed by atoms with Gasteiger partial charge in [0.25, 0.3) is 0 Å². The van der Waals surface area contributed by atoms with Gasteiger partial charge >= 0.3 is 0 Å². The van der Waals surface area contributed by atoms with Crippen LogP contribution >= 0.6 is 31.9 Å². The third-order valence-corrected chi connectivity index (χ3v) is 3.82. The first kappa shape index (κ1) is 13.4. The summed E-state index contributed by atoms with van der Waals surface area (Å²) in [5, 5.41) is 0. The van der Waals surface area contributed by atoms with E-state index in [4.69, 9.17) is 5.73 Å². The Morgan fingerprint density at radius 1 is 1.11 bits per heavy atom. The maximum absolute atomic E-state index is 5.75. The van der Waals surface area contributed by atoms with Crippen LogP contribution < -0.4 is 10.6 Å². The van der Waals surface area contributed by atoms with Gasteiger partial charge in [-0.3, -0.25) is 0 Å². The van der Waals surface area contributed by atoms with Crippen molar-refractivity contribution in [1.29, 1.82) is 0 Å². The molecule has 0 unspecified atom stereocenters. The maximum Gasteiger partial charge on any atom is 0.0512 e. The van der Waals surface area contributed by atoms with Crippen LogP contribution in [0.5, 0.6) is 0 Å². The SMILES string of the molecule is CN(Cc1cccc(Br)c1)c1ccc(N)cc1Br. The second-order valence-electron chi connectivity index (χ2n) is 4.20. The monoisotopic (exact) mass is 368 g/mol. The van der Waals surface area contributed by atoms with E-state index in [0.29, 0.717) is 0 Å². The number of anilines is 2. The summed E-state index contributed by atoms with van der Waals surface area (Å²) in [6.45, 7) is 0.849. The minimum Gasteiger partial charge on any atom is -0.399 e. The number of halogens is 2. The molecule has 0 fully saturated rings. The van der Waals surface area contributed by atoms with Crippen LogP contribution in [0.3, 0.4) is 0 Å². The van der Waals surface area contributed by atoms with Gasteiger partial charge in [0.1, 0.15) is 0 Å². The number of nitrogen functional groups attached to an aromatic ring is 1. The first-order valence-corrected chi connectivity index (χ1v) is 7.15. The first-order chi connectivity index (χ1) is 8.56. The fourth-order valence-corrected chi connectivity index (χ4v) is 2.97. The van der Waals surface area contributed by atoms with Crippen LogP contribution in [0, 0.1) is 0 Å². The molecule has 0 aliphatic rings. The molecule has 18 heavy (non-hydrogen) atoms. The van der Waals surface area contributed by atoms with Gasteiger partial charge in [-0.1, -0.05) is 28.1 Å². The minimum atomic E-state index is 0.765. The molecular weight excluding hydrogens is 356 g/mol. The summed E-state index contributed by atoms with van der Waals surface area (Å²) in [4.78, 5) is 2.19. The summed E-state index contributed by atoms with van der Waals surface area (Å²) >= 11 is 7.03. The highest BCUT2D eigenvalue weighted by atomic mass is 79.9. The van der Waals surface area contributed by atoms with Crippen LogP contribution in [0.15, 0.2) is 51.4 Å². The number of nitrogens with two attached hydrogens (primary N) is 1. The first-order valence-electron chi connectivity index (χ1n) is 5.57. The van der Waals surface area contributed by atoms with Crippen LogP contribution in [0.25, 0.3) is 0 Å². The average molecular weight is 370 g/mol. The predicted molar refractivity (Wildman–Crippen MR) is 84.8 cm³/mol. The number of hydrogen-bond donors (Lipinski definition) is 1. The number of nitrogens with zero attached hydrogens (tertiary/aromatic N) is 1. The van der Waals surface area contributed by atoms with Crippen LogP contribution in [0.2, 0.25) is 0 Å². The molecule has 0 aliphatic heterocycles. The third kappa shape index (κ3) is 3.27. The van der Waals surface area contributed by atoms with Gasteiger partial charge in [0, 0.05) is 28.2 Å². The quantitative estimate of drug-likeness (QED) is 0.811. The summed E-state index contributed by atoms with van der Waals surface area (Å²) in [6, 6.07) is 14.2. The zero-order valence-electron chi connectivity index (χ0n) is 10.0. The topological polar surface area (TPSA) is 29.3 Å². The Morgan fingerprint density at radius 2 is 1.89 bits per heavy atom. The Balaban J connectivity index is 2.19. The fraction of sp³-hybridized carbons (Fsp3) is 0.143. The molecule has 0 aliphatic carbocycles. The molecule has 0 saturated heterocycles. The highest BCUT2D eigenvalue weighted by Crippen LogP contribution is 2.28. The van der Waals surface area contributed by atoms with E-state index in [9.17, 15) is 0 Å². The van der Waals surface area contributed by atoms with E-state index in [1.807, 2.05) is 30.3 Å². The molecular formula is C14H14Br2N2. The van der Waals surface area contributed by atoms with Crippen LogP contribution in [0.1, 0.15) is 5.56 Å². The summed E-state index contributed by atoms with van der Waals surface area (Å²) in [7, 11) is 2.07. The Labute approximate surface area is 124 Å². The third-order valence-electron chi connectivity index (χ3n) is 2.69. The van der Waals surface area contributed by atoms with Gasteiger partial charge < -0.3 is 10.6 Å². The van der Waals surface area contributed by atoms with Crippen molar-refractivity contribution in [2.75, 3.05) is 17.7 Å². The lowest BCUT2D eigenvalue weighted by Crippen LogP contribution is -2.16. The standard InChI is InChI=1S/C14H14Br2N2/c1-18(9-10-3-2-4-11(15)7-10)14-6-5-12(17)8-13(14)16/h2-8H,9,17H2,1H3. The molecule has 0 bridgehead atoms. The molecule has 0 aromatic heterocycles. The van der Waals surface area contributed by atoms with Crippen molar-refractivity contribution in [3.05, 3.63) is 57.0 Å². The molecule has 0 atom stereocenters. The van der Waals surface area contributed by atoms with Gasteiger partial charge in [-0.05, 0) is 51.8 Å². The van der Waals surface area contributed by atoms with Gasteiger partial charge in [-0.25, -0.2) is 0 Å². The normalized spacial score (nSPS) is 10.4. The maximum atomic E-state index is 5.75. The van der Waals surface area contributed by atoms with Gasteiger partial charge in [0.15, 0.2) is 0 Å². The molecule has 0 heterocycles. The molecule has 2 rings (SSSR count). The zero-order chi connectivity index (χ0) is 13.1. The van der Waals surface area contributed by atoms with Crippen molar-refractivity contribution < 1.29 is 0 Å². The van der Waals surface area contributed by atoms with Crippen molar-refractivity contribution >= 4 is 43.2 Å². The lowest BCUT2D eigenvalue weighted by Gasteiger charge is -2.21. The van der Waals surface area contributed by atoms with Gasteiger partial charge in [0.05, 0.1) is 5.69 Å². The number of hydrogen-bond acceptors (Lipinski definition) is 2. The summed E-state index contributed by atoms with van der Waals surface area (Å²) in [5.74, 6) is 0. The lowest BCUT2D eigenvalue weighted by molar-refractivity contribution is 0.919. The molecule has 0 radical (unpaired) electrons. The second kappa shape index (κ2) is 5.76. The molecule has 2 aromatic rings. The molecule has 4 heteroatoms. The van der Waals surface area contributed by atoms with E-state index >= 15 is 0 Å². The van der Waals surface area contributed by atoms with Crippen molar-refractivity contribution in [1.82, 2.24) is 0 Å². The van der Waals surface area contributed by atoms with Crippen molar-refractivity contribution in [2.24, 2.45) is 0 Å². The summed E-state index contributed by atoms with van der Waals surface area (Å²) in [5.41, 5.74) is 8.90. The molecule has 0 saturated carbocycles. The zero-order valence-corrected chi connectivity index (χ0v) is 13.2. The van der Waals surface area contributed by atoms with E-state index in [1.54, 1.807) is 0 Å². The van der Waals surface area contributed by atoms with Gasteiger partial charge in [-0.2, -0.15) is 0 Å². The number of benzene rings is 2. The second-order valence-corrected chi connectivity index (χ2v) is 5.97. The fourth-order valence-electron chi connectivity index (χ4n) is 1.83.